The van der Waals surface area contributed by atoms with E-state index in [1.54, 1.807) is 17.4 Å². The Hall–Kier alpha value is -3.91. The summed E-state index contributed by atoms with van der Waals surface area (Å²) in [7, 11) is 1.39. The van der Waals surface area contributed by atoms with Gasteiger partial charge >= 0.3 is 5.97 Å². The number of methoxy groups -OCH3 is 1. The molecular weight excluding hydrogens is 554 g/mol. The fourth-order valence-corrected chi connectivity index (χ4v) is 6.24. The lowest BCUT2D eigenvalue weighted by Gasteiger charge is -2.36. The Labute approximate surface area is 248 Å². The number of halogens is 1. The van der Waals surface area contributed by atoms with Crippen molar-refractivity contribution in [2.24, 2.45) is 0 Å². The largest absolute Gasteiger partial charge is 0.465 e. The maximum Gasteiger partial charge on any atom is 0.341 e. The van der Waals surface area contributed by atoms with Gasteiger partial charge in [-0.1, -0.05) is 48.0 Å². The number of fused-ring (bicyclic) bond motifs is 1. The molecule has 1 fully saturated rings. The van der Waals surface area contributed by atoms with E-state index >= 15 is 0 Å². The molecule has 8 heteroatoms. The third-order valence-corrected chi connectivity index (χ3v) is 8.55. The highest BCUT2D eigenvalue weighted by atomic mass is 35.5. The summed E-state index contributed by atoms with van der Waals surface area (Å²) in [6.45, 7) is 6.44. The lowest BCUT2D eigenvalue weighted by molar-refractivity contribution is 0.0598. The van der Waals surface area contributed by atoms with Crippen LogP contribution in [-0.4, -0.2) is 49.1 Å². The first-order valence-corrected chi connectivity index (χ1v) is 14.7. The van der Waals surface area contributed by atoms with Gasteiger partial charge < -0.3 is 14.4 Å². The van der Waals surface area contributed by atoms with Crippen LogP contribution in [0.15, 0.2) is 84.9 Å². The molecular formula is C33H30ClN3O3S. The second-order valence-electron chi connectivity index (χ2n) is 10.1. The molecule has 0 saturated carbocycles. The van der Waals surface area contributed by atoms with Crippen LogP contribution in [0.25, 0.3) is 21.3 Å². The third kappa shape index (κ3) is 6.07. The molecule has 1 aliphatic rings. The van der Waals surface area contributed by atoms with Gasteiger partial charge in [0, 0.05) is 55.6 Å². The van der Waals surface area contributed by atoms with Gasteiger partial charge in [0.1, 0.15) is 17.1 Å². The molecule has 41 heavy (non-hydrogen) atoms. The van der Waals surface area contributed by atoms with Crippen molar-refractivity contribution in [3.63, 3.8) is 0 Å². The summed E-state index contributed by atoms with van der Waals surface area (Å²) in [4.78, 5) is 21.9. The number of aromatic nitrogens is 1. The highest BCUT2D eigenvalue weighted by molar-refractivity contribution is 7.18. The van der Waals surface area contributed by atoms with Crippen molar-refractivity contribution in [2.45, 2.75) is 13.5 Å². The van der Waals surface area contributed by atoms with Crippen LogP contribution in [0.3, 0.4) is 0 Å². The van der Waals surface area contributed by atoms with E-state index in [1.807, 2.05) is 49.4 Å². The van der Waals surface area contributed by atoms with Crippen molar-refractivity contribution in [1.29, 1.82) is 0 Å². The van der Waals surface area contributed by atoms with Crippen LogP contribution in [-0.2, 0) is 11.3 Å². The number of carbonyl (C=O) groups excluding carboxylic acids is 1. The molecule has 0 N–H and O–H groups in total. The number of benzene rings is 4. The summed E-state index contributed by atoms with van der Waals surface area (Å²) in [5, 5.41) is 1.74. The van der Waals surface area contributed by atoms with Gasteiger partial charge in [-0.05, 0) is 60.0 Å². The molecule has 6 rings (SSSR count). The van der Waals surface area contributed by atoms with Gasteiger partial charge in [-0.15, -0.1) is 11.3 Å². The minimum absolute atomic E-state index is 0.397. The van der Waals surface area contributed by atoms with Gasteiger partial charge in [0.2, 0.25) is 0 Å². The summed E-state index contributed by atoms with van der Waals surface area (Å²) in [5.74, 6) is 0.715. The lowest BCUT2D eigenvalue weighted by Crippen LogP contribution is -2.46. The van der Waals surface area contributed by atoms with E-state index in [4.69, 9.17) is 21.1 Å². The monoisotopic (exact) mass is 583 g/mol. The number of hydrogen-bond acceptors (Lipinski definition) is 7. The number of thiazole rings is 1. The minimum Gasteiger partial charge on any atom is -0.465 e. The molecule has 0 unspecified atom stereocenters. The molecule has 2 heterocycles. The molecule has 0 bridgehead atoms. The molecule has 5 aromatic rings. The normalized spacial score (nSPS) is 13.9. The average Bonchev–Trinajstić information content (AvgIpc) is 3.37. The zero-order valence-corrected chi connectivity index (χ0v) is 24.5. The first kappa shape index (κ1) is 27.3. The van der Waals surface area contributed by atoms with Crippen LogP contribution in [0, 0.1) is 6.92 Å². The first-order valence-electron chi connectivity index (χ1n) is 13.6. The highest BCUT2D eigenvalue weighted by Gasteiger charge is 2.22. The van der Waals surface area contributed by atoms with E-state index in [2.05, 4.69) is 51.2 Å². The Bertz CT molecular complexity index is 1690. The summed E-state index contributed by atoms with van der Waals surface area (Å²) in [5.41, 5.74) is 6.06. The number of piperazine rings is 1. The van der Waals surface area contributed by atoms with Crippen LogP contribution in [0.1, 0.15) is 20.9 Å². The number of esters is 1. The van der Waals surface area contributed by atoms with E-state index in [-0.39, 0.29) is 0 Å². The molecule has 1 saturated heterocycles. The first-order chi connectivity index (χ1) is 20.0. The number of ether oxygens (including phenoxy) is 2. The van der Waals surface area contributed by atoms with Gasteiger partial charge in [0.05, 0.1) is 22.3 Å². The quantitative estimate of drug-likeness (QED) is 0.182. The Morgan fingerprint density at radius 3 is 2.51 bits per heavy atom. The topological polar surface area (TPSA) is 54.9 Å². The Morgan fingerprint density at radius 2 is 1.73 bits per heavy atom. The summed E-state index contributed by atoms with van der Waals surface area (Å²) in [6, 6.07) is 28.1. The Kier molecular flexibility index (Phi) is 7.92. The number of aryl methyl sites for hydroxylation is 1. The Morgan fingerprint density at radius 1 is 0.951 bits per heavy atom. The molecule has 0 atom stereocenters. The van der Waals surface area contributed by atoms with E-state index < -0.39 is 5.97 Å². The molecule has 1 aliphatic heterocycles. The zero-order chi connectivity index (χ0) is 28.3. The van der Waals surface area contributed by atoms with Crippen molar-refractivity contribution < 1.29 is 14.3 Å². The van der Waals surface area contributed by atoms with Crippen molar-refractivity contribution in [3.8, 4) is 22.6 Å². The maximum absolute atomic E-state index is 12.6. The minimum atomic E-state index is -0.426. The summed E-state index contributed by atoms with van der Waals surface area (Å²) in [6.07, 6.45) is 0. The predicted molar refractivity (Wildman–Crippen MR) is 167 cm³/mol. The molecule has 0 aliphatic carbocycles. The third-order valence-electron chi connectivity index (χ3n) is 7.37. The van der Waals surface area contributed by atoms with Crippen LogP contribution in [0.4, 0.5) is 5.69 Å². The second kappa shape index (κ2) is 11.9. The fourth-order valence-electron chi connectivity index (χ4n) is 5.26. The predicted octanol–water partition coefficient (Wildman–Crippen LogP) is 7.83. The van der Waals surface area contributed by atoms with Crippen molar-refractivity contribution in [2.75, 3.05) is 38.2 Å². The molecule has 0 amide bonds. The van der Waals surface area contributed by atoms with Gasteiger partial charge in [0.15, 0.2) is 0 Å². The van der Waals surface area contributed by atoms with Crippen LogP contribution < -0.4 is 9.64 Å². The smallest absolute Gasteiger partial charge is 0.341 e. The number of nitrogens with zero attached hydrogens (tertiary/aromatic N) is 3. The van der Waals surface area contributed by atoms with Crippen molar-refractivity contribution in [1.82, 2.24) is 9.88 Å². The molecule has 4 aromatic carbocycles. The highest BCUT2D eigenvalue weighted by Crippen LogP contribution is 2.34. The maximum atomic E-state index is 12.6. The molecule has 1 aromatic heterocycles. The van der Waals surface area contributed by atoms with Crippen molar-refractivity contribution in [3.05, 3.63) is 106 Å². The number of rotatable bonds is 7. The molecule has 0 spiro atoms. The Balaban J connectivity index is 1.17. The van der Waals surface area contributed by atoms with Crippen LogP contribution in [0.5, 0.6) is 11.5 Å². The number of carbonyl (C=O) groups is 1. The van der Waals surface area contributed by atoms with E-state index in [0.717, 1.165) is 58.7 Å². The number of anilines is 1. The average molecular weight is 584 g/mol. The lowest BCUT2D eigenvalue weighted by atomic mass is 9.99. The van der Waals surface area contributed by atoms with Gasteiger partial charge in [-0.25, -0.2) is 9.78 Å². The molecule has 6 nitrogen and oxygen atoms in total. The van der Waals surface area contributed by atoms with E-state index in [0.29, 0.717) is 17.1 Å². The van der Waals surface area contributed by atoms with E-state index in [9.17, 15) is 4.79 Å². The van der Waals surface area contributed by atoms with E-state index in [1.165, 1.54) is 23.8 Å². The summed E-state index contributed by atoms with van der Waals surface area (Å²) >= 11 is 7.73. The van der Waals surface area contributed by atoms with Gasteiger partial charge in [0.25, 0.3) is 0 Å². The SMILES string of the molecule is COC(=O)c1ccc(N2CCN(Cc3ccccc3-c3ccc(Cl)cc3)CC2)cc1Oc1ccc2nc(C)sc2c1. The second-order valence-corrected chi connectivity index (χ2v) is 11.7. The van der Waals surface area contributed by atoms with Crippen LogP contribution >= 0.6 is 22.9 Å². The van der Waals surface area contributed by atoms with Crippen molar-refractivity contribution >= 4 is 44.8 Å². The number of hydrogen-bond donors (Lipinski definition) is 0. The van der Waals surface area contributed by atoms with Gasteiger partial charge in [-0.2, -0.15) is 0 Å². The molecule has 208 valence electrons. The summed E-state index contributed by atoms with van der Waals surface area (Å²) < 4.78 is 12.4. The standard InChI is InChI=1S/C33H30ClN3O3S/c1-22-35-30-14-12-27(20-32(30)41-22)40-31-19-26(11-13-29(31)33(38)39-2)37-17-15-36(16-18-37)21-24-5-3-4-6-28(24)23-7-9-25(34)10-8-23/h3-14,19-20H,15-18,21H2,1-2H3. The fraction of sp³-hybridized carbons (Fsp3) is 0.212. The molecule has 0 radical (unpaired) electrons. The zero-order valence-electron chi connectivity index (χ0n) is 23.0. The van der Waals surface area contributed by atoms with Gasteiger partial charge in [-0.3, -0.25) is 4.90 Å². The van der Waals surface area contributed by atoms with Crippen LogP contribution in [0.2, 0.25) is 5.02 Å².